The molecule has 0 bridgehead atoms. The van der Waals surface area contributed by atoms with Crippen LogP contribution in [-0.4, -0.2) is 40.5 Å². The average Bonchev–Trinajstić information content (AvgIpc) is 2.82. The van der Waals surface area contributed by atoms with Crippen LogP contribution in [0.1, 0.15) is 5.82 Å². The van der Waals surface area contributed by atoms with Crippen molar-refractivity contribution in [2.24, 2.45) is 7.05 Å². The molecule has 3 rings (SSSR count). The van der Waals surface area contributed by atoms with Crippen molar-refractivity contribution in [3.8, 4) is 0 Å². The molecule has 0 aliphatic carbocycles. The molecular weight excluding hydrogens is 297 g/mol. The van der Waals surface area contributed by atoms with Crippen LogP contribution in [0.25, 0.3) is 0 Å². The van der Waals surface area contributed by atoms with E-state index in [9.17, 15) is 17.9 Å². The van der Waals surface area contributed by atoms with Crippen molar-refractivity contribution in [2.45, 2.75) is 10.5 Å². The van der Waals surface area contributed by atoms with E-state index in [1.54, 1.807) is 17.8 Å². The number of aromatic nitrogens is 2. The second kappa shape index (κ2) is 4.62. The minimum Gasteiger partial charge on any atom is -0.379 e. The largest absolute Gasteiger partial charge is 0.379 e. The first kappa shape index (κ1) is 14.2. The first-order valence-electron chi connectivity index (χ1n) is 6.29. The summed E-state index contributed by atoms with van der Waals surface area (Å²) >= 11 is 0. The summed E-state index contributed by atoms with van der Waals surface area (Å²) in [4.78, 5) is 3.65. The highest BCUT2D eigenvalue weighted by molar-refractivity contribution is 7.89. The maximum Gasteiger partial charge on any atom is 0.246 e. The van der Waals surface area contributed by atoms with Gasteiger partial charge in [-0.15, -0.1) is 0 Å². The zero-order chi connectivity index (χ0) is 15.3. The maximum atomic E-state index is 13.7. The second-order valence-corrected chi connectivity index (χ2v) is 7.00. The fourth-order valence-electron chi connectivity index (χ4n) is 2.46. The smallest absolute Gasteiger partial charge is 0.246 e. The molecule has 1 aliphatic rings. The van der Waals surface area contributed by atoms with Crippen LogP contribution in [-0.2, 0) is 22.7 Å². The number of aliphatic hydroxyl groups is 1. The number of aryl methyl sites for hydroxylation is 1. The minimum atomic E-state index is -3.95. The molecule has 1 aliphatic heterocycles. The van der Waals surface area contributed by atoms with Gasteiger partial charge in [0, 0.05) is 19.4 Å². The van der Waals surface area contributed by atoms with Gasteiger partial charge < -0.3 is 9.67 Å². The van der Waals surface area contributed by atoms with E-state index in [1.165, 1.54) is 24.4 Å². The van der Waals surface area contributed by atoms with Crippen molar-refractivity contribution in [1.82, 2.24) is 13.9 Å². The predicted molar refractivity (Wildman–Crippen MR) is 72.3 cm³/mol. The molecule has 0 radical (unpaired) electrons. The van der Waals surface area contributed by atoms with Gasteiger partial charge in [-0.05, 0) is 12.1 Å². The number of hydrogen-bond donors (Lipinski definition) is 1. The predicted octanol–water partition coefficient (Wildman–Crippen LogP) is 0.451. The van der Waals surface area contributed by atoms with E-state index in [2.05, 4.69) is 4.98 Å². The minimum absolute atomic E-state index is 0.144. The lowest BCUT2D eigenvalue weighted by molar-refractivity contribution is -0.0736. The topological polar surface area (TPSA) is 75.4 Å². The van der Waals surface area contributed by atoms with Crippen molar-refractivity contribution >= 4 is 10.0 Å². The molecule has 1 N–H and O–H groups in total. The Labute approximate surface area is 121 Å². The SMILES string of the molecule is Cn1ccnc1C1(O)CN(S(=O)(=O)c2ccccc2F)C1. The number of sulfonamides is 1. The lowest BCUT2D eigenvalue weighted by Crippen LogP contribution is -2.62. The number of nitrogens with zero attached hydrogens (tertiary/aromatic N) is 3. The molecule has 1 fully saturated rings. The highest BCUT2D eigenvalue weighted by atomic mass is 32.2. The fourth-order valence-corrected chi connectivity index (χ4v) is 4.07. The number of hydrogen-bond acceptors (Lipinski definition) is 4. The third-order valence-electron chi connectivity index (χ3n) is 3.57. The van der Waals surface area contributed by atoms with Gasteiger partial charge in [0.05, 0.1) is 13.1 Å². The zero-order valence-corrected chi connectivity index (χ0v) is 12.1. The van der Waals surface area contributed by atoms with E-state index in [0.29, 0.717) is 5.82 Å². The van der Waals surface area contributed by atoms with E-state index in [1.807, 2.05) is 0 Å². The molecule has 0 unspecified atom stereocenters. The van der Waals surface area contributed by atoms with Crippen LogP contribution in [0.5, 0.6) is 0 Å². The quantitative estimate of drug-likeness (QED) is 0.893. The molecular formula is C13H14FN3O3S. The normalized spacial score (nSPS) is 18.4. The molecule has 0 atom stereocenters. The van der Waals surface area contributed by atoms with E-state index < -0.39 is 21.4 Å². The van der Waals surface area contributed by atoms with Gasteiger partial charge in [0.1, 0.15) is 22.1 Å². The average molecular weight is 311 g/mol. The Kier molecular flexibility index (Phi) is 3.12. The van der Waals surface area contributed by atoms with Crippen LogP contribution >= 0.6 is 0 Å². The summed E-state index contributed by atoms with van der Waals surface area (Å²) in [6, 6.07) is 5.19. The number of imidazole rings is 1. The summed E-state index contributed by atoms with van der Waals surface area (Å²) in [6.07, 6.45) is 3.20. The summed E-state index contributed by atoms with van der Waals surface area (Å²) in [5.74, 6) is -0.410. The zero-order valence-electron chi connectivity index (χ0n) is 11.3. The molecule has 112 valence electrons. The Morgan fingerprint density at radius 2 is 2.00 bits per heavy atom. The first-order chi connectivity index (χ1) is 9.84. The van der Waals surface area contributed by atoms with Crippen molar-refractivity contribution in [3.63, 3.8) is 0 Å². The maximum absolute atomic E-state index is 13.7. The van der Waals surface area contributed by atoms with Gasteiger partial charge in [0.25, 0.3) is 0 Å². The van der Waals surface area contributed by atoms with Gasteiger partial charge in [-0.2, -0.15) is 4.31 Å². The Hall–Kier alpha value is -1.77. The van der Waals surface area contributed by atoms with Gasteiger partial charge in [-0.1, -0.05) is 12.1 Å². The Balaban J connectivity index is 1.86. The number of β-amino-alcohol motifs (C(OH)–C–C–N with tert-alkyl or cyclic N) is 1. The molecule has 2 aromatic rings. The highest BCUT2D eigenvalue weighted by Gasteiger charge is 2.51. The summed E-state index contributed by atoms with van der Waals surface area (Å²) in [5.41, 5.74) is -1.34. The molecule has 8 heteroatoms. The summed E-state index contributed by atoms with van der Waals surface area (Å²) in [6.45, 7) is -0.289. The van der Waals surface area contributed by atoms with Crippen LogP contribution < -0.4 is 0 Å². The highest BCUT2D eigenvalue weighted by Crippen LogP contribution is 2.35. The lowest BCUT2D eigenvalue weighted by Gasteiger charge is -2.44. The molecule has 0 spiro atoms. The second-order valence-electron chi connectivity index (χ2n) is 5.10. The van der Waals surface area contributed by atoms with Crippen molar-refractivity contribution in [2.75, 3.05) is 13.1 Å². The number of rotatable bonds is 3. The molecule has 1 saturated heterocycles. The van der Waals surface area contributed by atoms with E-state index in [4.69, 9.17) is 0 Å². The monoisotopic (exact) mass is 311 g/mol. The van der Waals surface area contributed by atoms with Gasteiger partial charge >= 0.3 is 0 Å². The molecule has 6 nitrogen and oxygen atoms in total. The summed E-state index contributed by atoms with van der Waals surface area (Å²) in [7, 11) is -2.23. The van der Waals surface area contributed by atoms with Crippen LogP contribution in [0.4, 0.5) is 4.39 Å². The van der Waals surface area contributed by atoms with Gasteiger partial charge in [-0.3, -0.25) is 0 Å². The summed E-state index contributed by atoms with van der Waals surface area (Å²) < 4.78 is 41.0. The molecule has 2 heterocycles. The van der Waals surface area contributed by atoms with E-state index in [-0.39, 0.29) is 18.0 Å². The van der Waals surface area contributed by atoms with E-state index in [0.717, 1.165) is 10.4 Å². The third-order valence-corrected chi connectivity index (χ3v) is 5.39. The van der Waals surface area contributed by atoms with Crippen LogP contribution in [0.3, 0.4) is 0 Å². The summed E-state index contributed by atoms with van der Waals surface area (Å²) in [5, 5.41) is 10.4. The van der Waals surface area contributed by atoms with Gasteiger partial charge in [0.15, 0.2) is 0 Å². The van der Waals surface area contributed by atoms with Crippen molar-refractivity contribution in [3.05, 3.63) is 48.3 Å². The van der Waals surface area contributed by atoms with Crippen LogP contribution in [0.2, 0.25) is 0 Å². The Morgan fingerprint density at radius 3 is 2.57 bits per heavy atom. The number of benzene rings is 1. The molecule has 0 saturated carbocycles. The standard InChI is InChI=1S/C13H14FN3O3S/c1-16-7-6-15-12(16)13(18)8-17(9-13)21(19,20)11-5-3-2-4-10(11)14/h2-7,18H,8-9H2,1H3. The first-order valence-corrected chi connectivity index (χ1v) is 7.73. The molecule has 0 amide bonds. The van der Waals surface area contributed by atoms with Crippen molar-refractivity contribution in [1.29, 1.82) is 0 Å². The van der Waals surface area contributed by atoms with Crippen LogP contribution in [0.15, 0.2) is 41.6 Å². The number of halogens is 1. The van der Waals surface area contributed by atoms with E-state index >= 15 is 0 Å². The van der Waals surface area contributed by atoms with Crippen LogP contribution in [0, 0.1) is 5.82 Å². The van der Waals surface area contributed by atoms with Crippen molar-refractivity contribution < 1.29 is 17.9 Å². The Bertz CT molecular complexity index is 781. The van der Waals surface area contributed by atoms with Gasteiger partial charge in [0.2, 0.25) is 10.0 Å². The fraction of sp³-hybridized carbons (Fsp3) is 0.308. The molecule has 1 aromatic carbocycles. The third kappa shape index (κ3) is 2.15. The molecule has 1 aromatic heterocycles. The molecule has 21 heavy (non-hydrogen) atoms. The lowest BCUT2D eigenvalue weighted by atomic mass is 9.96. The Morgan fingerprint density at radius 1 is 1.33 bits per heavy atom. The van der Waals surface area contributed by atoms with Gasteiger partial charge in [-0.25, -0.2) is 17.8 Å².